The van der Waals surface area contributed by atoms with Gasteiger partial charge in [0.05, 0.1) is 0 Å². The number of aromatic nitrogens is 1. The van der Waals surface area contributed by atoms with E-state index in [0.717, 1.165) is 44.0 Å². The highest BCUT2D eigenvalue weighted by atomic mass is 35.5. The van der Waals surface area contributed by atoms with Crippen LogP contribution in [0.1, 0.15) is 31.2 Å². The minimum atomic E-state index is -0.134. The van der Waals surface area contributed by atoms with Crippen LogP contribution >= 0.6 is 11.6 Å². The standard InChI is InChI=1S/C12H14ClNO/c13-11-7-10(3-6-14-11)8-12(9-15)4-1-2-5-12/h3,6-7,9H,1-2,4-5,8H2. The molecule has 3 heteroatoms. The predicted molar refractivity (Wildman–Crippen MR) is 59.9 cm³/mol. The fourth-order valence-electron chi connectivity index (χ4n) is 2.37. The summed E-state index contributed by atoms with van der Waals surface area (Å²) in [6.07, 6.45) is 7.99. The highest BCUT2D eigenvalue weighted by Crippen LogP contribution is 2.39. The van der Waals surface area contributed by atoms with Gasteiger partial charge in [-0.2, -0.15) is 0 Å². The van der Waals surface area contributed by atoms with Crippen molar-refractivity contribution in [1.29, 1.82) is 0 Å². The van der Waals surface area contributed by atoms with Crippen LogP contribution in [-0.2, 0) is 11.2 Å². The zero-order valence-corrected chi connectivity index (χ0v) is 9.33. The van der Waals surface area contributed by atoms with Crippen LogP contribution < -0.4 is 0 Å². The number of carbonyl (C=O) groups is 1. The van der Waals surface area contributed by atoms with E-state index in [1.807, 2.05) is 12.1 Å². The van der Waals surface area contributed by atoms with Crippen LogP contribution in [0, 0.1) is 5.41 Å². The zero-order chi connectivity index (χ0) is 10.7. The molecule has 0 amide bonds. The molecule has 1 aromatic heterocycles. The van der Waals surface area contributed by atoms with Gasteiger partial charge < -0.3 is 4.79 Å². The summed E-state index contributed by atoms with van der Waals surface area (Å²) in [5.41, 5.74) is 0.981. The molecule has 0 bridgehead atoms. The molecule has 0 spiro atoms. The van der Waals surface area contributed by atoms with Gasteiger partial charge in [0.15, 0.2) is 0 Å². The Morgan fingerprint density at radius 2 is 2.20 bits per heavy atom. The van der Waals surface area contributed by atoms with Gasteiger partial charge in [-0.1, -0.05) is 24.4 Å². The Bertz CT molecular complexity index is 358. The molecule has 0 saturated heterocycles. The summed E-state index contributed by atoms with van der Waals surface area (Å²) >= 11 is 5.82. The van der Waals surface area contributed by atoms with E-state index in [1.54, 1.807) is 6.20 Å². The molecule has 0 unspecified atom stereocenters. The number of rotatable bonds is 3. The van der Waals surface area contributed by atoms with E-state index in [1.165, 1.54) is 0 Å². The van der Waals surface area contributed by atoms with Gasteiger partial charge in [-0.05, 0) is 37.0 Å². The van der Waals surface area contributed by atoms with Crippen molar-refractivity contribution in [2.75, 3.05) is 0 Å². The average molecular weight is 224 g/mol. The first-order valence-electron chi connectivity index (χ1n) is 5.31. The van der Waals surface area contributed by atoms with Crippen LogP contribution in [-0.4, -0.2) is 11.3 Å². The summed E-state index contributed by atoms with van der Waals surface area (Å²) in [5, 5.41) is 0.506. The molecule has 0 aromatic carbocycles. The van der Waals surface area contributed by atoms with E-state index in [9.17, 15) is 4.79 Å². The summed E-state index contributed by atoms with van der Waals surface area (Å²) in [7, 11) is 0. The first kappa shape index (κ1) is 10.6. The van der Waals surface area contributed by atoms with Gasteiger partial charge in [0, 0.05) is 11.6 Å². The zero-order valence-electron chi connectivity index (χ0n) is 8.58. The van der Waals surface area contributed by atoms with Crippen LogP contribution in [0.5, 0.6) is 0 Å². The Balaban J connectivity index is 2.16. The van der Waals surface area contributed by atoms with Crippen molar-refractivity contribution in [3.8, 4) is 0 Å². The molecule has 1 aliphatic carbocycles. The van der Waals surface area contributed by atoms with Gasteiger partial charge in [-0.25, -0.2) is 4.98 Å². The summed E-state index contributed by atoms with van der Waals surface area (Å²) in [6, 6.07) is 3.79. The maximum atomic E-state index is 11.2. The van der Waals surface area contributed by atoms with Crippen molar-refractivity contribution in [3.63, 3.8) is 0 Å². The van der Waals surface area contributed by atoms with Crippen molar-refractivity contribution in [2.45, 2.75) is 32.1 Å². The summed E-state index contributed by atoms with van der Waals surface area (Å²) in [4.78, 5) is 15.1. The molecule has 80 valence electrons. The third-order valence-corrected chi connectivity index (χ3v) is 3.40. The molecule has 15 heavy (non-hydrogen) atoms. The maximum Gasteiger partial charge on any atom is 0.129 e. The highest BCUT2D eigenvalue weighted by molar-refractivity contribution is 6.29. The molecular weight excluding hydrogens is 210 g/mol. The normalized spacial score (nSPS) is 19.0. The lowest BCUT2D eigenvalue weighted by molar-refractivity contribution is -0.115. The Labute approximate surface area is 94.7 Å². The Kier molecular flexibility index (Phi) is 3.06. The fraction of sp³-hybridized carbons (Fsp3) is 0.500. The summed E-state index contributed by atoms with van der Waals surface area (Å²) in [5.74, 6) is 0. The predicted octanol–water partition coefficient (Wildman–Crippen LogP) is 3.04. The molecule has 2 rings (SSSR count). The smallest absolute Gasteiger partial charge is 0.129 e. The van der Waals surface area contributed by atoms with E-state index in [2.05, 4.69) is 4.98 Å². The van der Waals surface area contributed by atoms with Crippen LogP contribution in [0.4, 0.5) is 0 Å². The molecule has 1 heterocycles. The second-order valence-electron chi connectivity index (χ2n) is 4.35. The van der Waals surface area contributed by atoms with Gasteiger partial charge in [-0.3, -0.25) is 0 Å². The van der Waals surface area contributed by atoms with Gasteiger partial charge in [0.1, 0.15) is 11.4 Å². The number of carbonyl (C=O) groups excluding carboxylic acids is 1. The van der Waals surface area contributed by atoms with Gasteiger partial charge in [0.2, 0.25) is 0 Å². The Hall–Kier alpha value is -0.890. The first-order chi connectivity index (χ1) is 7.24. The third-order valence-electron chi connectivity index (χ3n) is 3.20. The molecule has 0 atom stereocenters. The number of hydrogen-bond acceptors (Lipinski definition) is 2. The lowest BCUT2D eigenvalue weighted by Crippen LogP contribution is -2.21. The van der Waals surface area contributed by atoms with Crippen LogP contribution in [0.25, 0.3) is 0 Å². The van der Waals surface area contributed by atoms with Crippen molar-refractivity contribution in [2.24, 2.45) is 5.41 Å². The minimum absolute atomic E-state index is 0.134. The third kappa shape index (κ3) is 2.37. The van der Waals surface area contributed by atoms with Crippen LogP contribution in [0.15, 0.2) is 18.3 Å². The van der Waals surface area contributed by atoms with Crippen molar-refractivity contribution in [3.05, 3.63) is 29.0 Å². The molecule has 1 aliphatic rings. The number of pyridine rings is 1. The van der Waals surface area contributed by atoms with E-state index in [0.29, 0.717) is 5.15 Å². The van der Waals surface area contributed by atoms with Crippen molar-refractivity contribution >= 4 is 17.9 Å². The van der Waals surface area contributed by atoms with Gasteiger partial charge >= 0.3 is 0 Å². The second kappa shape index (κ2) is 4.31. The van der Waals surface area contributed by atoms with Gasteiger partial charge in [-0.15, -0.1) is 0 Å². The van der Waals surface area contributed by atoms with E-state index < -0.39 is 0 Å². The molecule has 0 aliphatic heterocycles. The largest absolute Gasteiger partial charge is 0.303 e. The number of aldehydes is 1. The van der Waals surface area contributed by atoms with Crippen LogP contribution in [0.3, 0.4) is 0 Å². The van der Waals surface area contributed by atoms with Crippen LogP contribution in [0.2, 0.25) is 5.15 Å². The van der Waals surface area contributed by atoms with Crippen molar-refractivity contribution < 1.29 is 4.79 Å². The molecule has 0 N–H and O–H groups in total. The molecule has 1 aromatic rings. The molecule has 1 saturated carbocycles. The Morgan fingerprint density at radius 1 is 1.47 bits per heavy atom. The second-order valence-corrected chi connectivity index (χ2v) is 4.74. The van der Waals surface area contributed by atoms with Crippen molar-refractivity contribution in [1.82, 2.24) is 4.98 Å². The topological polar surface area (TPSA) is 30.0 Å². The molecular formula is C12H14ClNO. The number of nitrogens with zero attached hydrogens (tertiary/aromatic N) is 1. The summed E-state index contributed by atoms with van der Waals surface area (Å²) < 4.78 is 0. The number of halogens is 1. The summed E-state index contributed by atoms with van der Waals surface area (Å²) in [6.45, 7) is 0. The Morgan fingerprint density at radius 3 is 2.80 bits per heavy atom. The molecule has 1 fully saturated rings. The van der Waals surface area contributed by atoms with E-state index in [4.69, 9.17) is 11.6 Å². The van der Waals surface area contributed by atoms with E-state index in [-0.39, 0.29) is 5.41 Å². The number of hydrogen-bond donors (Lipinski definition) is 0. The average Bonchev–Trinajstić information content (AvgIpc) is 2.67. The lowest BCUT2D eigenvalue weighted by atomic mass is 9.82. The maximum absolute atomic E-state index is 11.2. The van der Waals surface area contributed by atoms with Gasteiger partial charge in [0.25, 0.3) is 0 Å². The molecule has 0 radical (unpaired) electrons. The minimum Gasteiger partial charge on any atom is -0.303 e. The quantitative estimate of drug-likeness (QED) is 0.583. The molecule has 2 nitrogen and oxygen atoms in total. The first-order valence-corrected chi connectivity index (χ1v) is 5.69. The van der Waals surface area contributed by atoms with E-state index >= 15 is 0 Å². The SMILES string of the molecule is O=CC1(Cc2ccnc(Cl)c2)CCCC1. The highest BCUT2D eigenvalue weighted by Gasteiger charge is 2.33. The monoisotopic (exact) mass is 223 g/mol. The lowest BCUT2D eigenvalue weighted by Gasteiger charge is -2.21. The fourth-order valence-corrected chi connectivity index (χ4v) is 2.57.